The van der Waals surface area contributed by atoms with E-state index in [-0.39, 0.29) is 0 Å². The van der Waals surface area contributed by atoms with E-state index >= 15 is 0 Å². The molecule has 1 rings (SSSR count). The van der Waals surface area contributed by atoms with Crippen LogP contribution in [0.4, 0.5) is 0 Å². The monoisotopic (exact) mass is 389 g/mol. The number of hydrogen-bond acceptors (Lipinski definition) is 2. The van der Waals surface area contributed by atoms with Gasteiger partial charge in [0.05, 0.1) is 0 Å². The molecule has 1 nitrogen and oxygen atoms in total. The molecule has 0 atom stereocenters. The van der Waals surface area contributed by atoms with Crippen molar-refractivity contribution >= 4 is 32.8 Å². The second-order valence-corrected chi connectivity index (χ2v) is 20.8. The third kappa shape index (κ3) is 5.04. The van der Waals surface area contributed by atoms with Gasteiger partial charge in [-0.25, -0.2) is 0 Å². The SMILES string of the molecule is CCC[CH2][Sn]([CH2]CCC)([CH2]CCC)[c]1sncc1C. The quantitative estimate of drug-likeness (QED) is 0.482. The van der Waals surface area contributed by atoms with Gasteiger partial charge in [0.15, 0.2) is 0 Å². The molecule has 0 aromatic carbocycles. The summed E-state index contributed by atoms with van der Waals surface area (Å²) in [6.07, 6.45) is 10.5. The molecule has 0 aliphatic carbocycles. The summed E-state index contributed by atoms with van der Waals surface area (Å²) in [5.41, 5.74) is 1.52. The number of nitrogens with zero attached hydrogens (tertiary/aromatic N) is 1. The molecule has 0 aliphatic heterocycles. The van der Waals surface area contributed by atoms with Crippen molar-refractivity contribution in [3.05, 3.63) is 11.8 Å². The fourth-order valence-electron chi connectivity index (χ4n) is 3.06. The van der Waals surface area contributed by atoms with Gasteiger partial charge in [0.1, 0.15) is 0 Å². The molecular weight excluding hydrogens is 357 g/mol. The second kappa shape index (κ2) is 9.38. The summed E-state index contributed by atoms with van der Waals surface area (Å²) in [6, 6.07) is 0. The third-order valence-corrected chi connectivity index (χ3v) is 23.8. The van der Waals surface area contributed by atoms with Gasteiger partial charge in [-0.15, -0.1) is 0 Å². The number of hydrogen-bond donors (Lipinski definition) is 0. The summed E-state index contributed by atoms with van der Waals surface area (Å²) in [4.78, 5) is 0. The Hall–Kier alpha value is 0.429. The molecule has 110 valence electrons. The van der Waals surface area contributed by atoms with Crippen molar-refractivity contribution in [2.45, 2.75) is 79.5 Å². The normalized spacial score (nSPS) is 12.0. The first kappa shape index (κ1) is 17.5. The van der Waals surface area contributed by atoms with E-state index in [1.54, 1.807) is 16.2 Å². The van der Waals surface area contributed by atoms with Crippen molar-refractivity contribution in [3.63, 3.8) is 0 Å². The Kier molecular flexibility index (Phi) is 8.63. The molecule has 19 heavy (non-hydrogen) atoms. The van der Waals surface area contributed by atoms with E-state index in [0.717, 1.165) is 0 Å². The summed E-state index contributed by atoms with van der Waals surface area (Å²) in [6.45, 7) is 9.33. The van der Waals surface area contributed by atoms with Gasteiger partial charge in [-0.3, -0.25) is 0 Å². The first-order valence-electron chi connectivity index (χ1n) is 8.12. The van der Waals surface area contributed by atoms with Crippen LogP contribution in [0.2, 0.25) is 13.3 Å². The van der Waals surface area contributed by atoms with Crippen LogP contribution in [0.1, 0.15) is 64.9 Å². The summed E-state index contributed by atoms with van der Waals surface area (Å²) >= 11 is -0.287. The Balaban J connectivity index is 2.97. The van der Waals surface area contributed by atoms with Gasteiger partial charge in [0, 0.05) is 0 Å². The van der Waals surface area contributed by atoms with Crippen molar-refractivity contribution in [2.24, 2.45) is 0 Å². The predicted octanol–water partition coefficient (Wildman–Crippen LogP) is 5.51. The molecular formula is C16H31NSSn. The molecule has 0 aliphatic rings. The van der Waals surface area contributed by atoms with E-state index in [1.165, 1.54) is 44.1 Å². The van der Waals surface area contributed by atoms with Crippen LogP contribution in [0.3, 0.4) is 0 Å². The van der Waals surface area contributed by atoms with E-state index in [9.17, 15) is 0 Å². The minimum absolute atomic E-state index is 1.36. The zero-order chi connectivity index (χ0) is 14.1. The van der Waals surface area contributed by atoms with Crippen molar-refractivity contribution in [1.82, 2.24) is 4.37 Å². The van der Waals surface area contributed by atoms with Crippen LogP contribution in [0.5, 0.6) is 0 Å². The molecule has 0 radical (unpaired) electrons. The number of aryl methyl sites for hydroxylation is 1. The summed E-state index contributed by atoms with van der Waals surface area (Å²) in [5, 5.41) is 0. The number of unbranched alkanes of at least 4 members (excludes halogenated alkanes) is 3. The molecule has 1 aromatic heterocycles. The van der Waals surface area contributed by atoms with E-state index < -0.39 is 18.4 Å². The molecule has 0 spiro atoms. The van der Waals surface area contributed by atoms with Crippen molar-refractivity contribution < 1.29 is 0 Å². The average molecular weight is 388 g/mol. The zero-order valence-electron chi connectivity index (χ0n) is 13.3. The summed E-state index contributed by atoms with van der Waals surface area (Å²) in [7, 11) is 0. The van der Waals surface area contributed by atoms with Gasteiger partial charge in [-0.2, -0.15) is 0 Å². The first-order valence-corrected chi connectivity index (χ1v) is 16.4. The van der Waals surface area contributed by atoms with E-state index in [2.05, 4.69) is 38.3 Å². The van der Waals surface area contributed by atoms with Gasteiger partial charge in [0.2, 0.25) is 0 Å². The molecule has 0 amide bonds. The van der Waals surface area contributed by atoms with Crippen LogP contribution < -0.4 is 2.89 Å². The van der Waals surface area contributed by atoms with Crippen molar-refractivity contribution in [3.8, 4) is 0 Å². The third-order valence-electron chi connectivity index (χ3n) is 4.26. The molecule has 0 bridgehead atoms. The Morgan fingerprint density at radius 3 is 1.74 bits per heavy atom. The van der Waals surface area contributed by atoms with Crippen LogP contribution in [-0.4, -0.2) is 22.8 Å². The fraction of sp³-hybridized carbons (Fsp3) is 0.812. The van der Waals surface area contributed by atoms with E-state index in [0.29, 0.717) is 0 Å². The summed E-state index contributed by atoms with van der Waals surface area (Å²) < 4.78 is 11.0. The Morgan fingerprint density at radius 2 is 1.42 bits per heavy atom. The number of rotatable bonds is 10. The Morgan fingerprint density at radius 1 is 0.947 bits per heavy atom. The van der Waals surface area contributed by atoms with Crippen LogP contribution in [0.25, 0.3) is 0 Å². The summed E-state index contributed by atoms with van der Waals surface area (Å²) in [5.74, 6) is 0. The van der Waals surface area contributed by atoms with Crippen molar-refractivity contribution in [1.29, 1.82) is 0 Å². The molecule has 0 N–H and O–H groups in total. The standard InChI is InChI=1S/C4H4NS.3C4H9.Sn/c1-4-2-5-6-3-4;3*1-3-4-2;/h2H,1H3;3*1,3-4H2,2H3;. The second-order valence-electron chi connectivity index (χ2n) is 5.93. The number of aromatic nitrogens is 1. The molecule has 0 saturated carbocycles. The maximum atomic E-state index is 4.51. The first-order chi connectivity index (χ1) is 9.20. The van der Waals surface area contributed by atoms with Gasteiger partial charge >= 0.3 is 128 Å². The van der Waals surface area contributed by atoms with Crippen LogP contribution in [0, 0.1) is 6.92 Å². The minimum atomic E-state index is -2.14. The van der Waals surface area contributed by atoms with Crippen LogP contribution in [0.15, 0.2) is 6.20 Å². The van der Waals surface area contributed by atoms with Crippen molar-refractivity contribution in [2.75, 3.05) is 0 Å². The van der Waals surface area contributed by atoms with Gasteiger partial charge < -0.3 is 0 Å². The van der Waals surface area contributed by atoms with Crippen LogP contribution >= 0.6 is 11.5 Å². The molecule has 0 saturated heterocycles. The maximum absolute atomic E-state index is 4.51. The van der Waals surface area contributed by atoms with Gasteiger partial charge in [-0.1, -0.05) is 0 Å². The van der Waals surface area contributed by atoms with E-state index in [1.807, 2.05) is 11.5 Å². The van der Waals surface area contributed by atoms with Gasteiger partial charge in [-0.05, 0) is 0 Å². The molecule has 1 aromatic rings. The molecule has 3 heteroatoms. The van der Waals surface area contributed by atoms with Crippen LogP contribution in [-0.2, 0) is 0 Å². The Labute approximate surface area is 128 Å². The predicted molar refractivity (Wildman–Crippen MR) is 91.4 cm³/mol. The zero-order valence-corrected chi connectivity index (χ0v) is 17.0. The average Bonchev–Trinajstić information content (AvgIpc) is 2.85. The topological polar surface area (TPSA) is 12.9 Å². The molecule has 0 unspecified atom stereocenters. The fourth-order valence-corrected chi connectivity index (χ4v) is 23.4. The van der Waals surface area contributed by atoms with Gasteiger partial charge in [0.25, 0.3) is 0 Å². The van der Waals surface area contributed by atoms with E-state index in [4.69, 9.17) is 0 Å². The Bertz CT molecular complexity index is 326. The molecule has 0 fully saturated rings. The molecule has 1 heterocycles.